The van der Waals surface area contributed by atoms with E-state index < -0.39 is 0 Å². The number of azo groups is 1. The number of hydrogen-bond donors (Lipinski definition) is 1. The van der Waals surface area contributed by atoms with Crippen LogP contribution >= 0.6 is 11.6 Å². The first-order valence-electron chi connectivity index (χ1n) is 8.39. The minimum Gasteiger partial charge on any atom is -0.505 e. The SMILES string of the molecule is C=C(C)N=Nc1c(O)c(CON(C)c2ccccc2Cl)cc2ccccc12. The van der Waals surface area contributed by atoms with E-state index in [9.17, 15) is 5.11 Å². The molecule has 0 unspecified atom stereocenters. The molecule has 138 valence electrons. The first-order valence-corrected chi connectivity index (χ1v) is 8.77. The first-order chi connectivity index (χ1) is 13.0. The molecule has 3 aromatic rings. The van der Waals surface area contributed by atoms with Gasteiger partial charge in [0.05, 0.1) is 16.4 Å². The van der Waals surface area contributed by atoms with Gasteiger partial charge in [0.15, 0.2) is 0 Å². The predicted octanol–water partition coefficient (Wildman–Crippen LogP) is 6.38. The van der Waals surface area contributed by atoms with Gasteiger partial charge in [0.25, 0.3) is 0 Å². The number of aromatic hydroxyl groups is 1. The van der Waals surface area contributed by atoms with E-state index in [4.69, 9.17) is 16.4 Å². The Hall–Kier alpha value is -2.89. The van der Waals surface area contributed by atoms with Gasteiger partial charge >= 0.3 is 0 Å². The van der Waals surface area contributed by atoms with Crippen LogP contribution in [0.2, 0.25) is 5.02 Å². The van der Waals surface area contributed by atoms with Gasteiger partial charge in [0, 0.05) is 18.0 Å². The standard InChI is InChI=1S/C21H20ClN3O2/c1-14(2)23-24-20-17-9-5-4-8-15(17)12-16(21(20)26)13-27-25(3)19-11-7-6-10-18(19)22/h4-12,26H,1,13H2,2-3H3. The van der Waals surface area contributed by atoms with E-state index in [0.29, 0.717) is 22.0 Å². The summed E-state index contributed by atoms with van der Waals surface area (Å²) in [4.78, 5) is 5.80. The van der Waals surface area contributed by atoms with Crippen LogP contribution < -0.4 is 5.06 Å². The Kier molecular flexibility index (Phi) is 5.74. The molecular weight excluding hydrogens is 362 g/mol. The quantitative estimate of drug-likeness (QED) is 0.398. The van der Waals surface area contributed by atoms with Crippen molar-refractivity contribution in [3.05, 3.63) is 77.5 Å². The Morgan fingerprint density at radius 3 is 2.63 bits per heavy atom. The molecule has 0 fully saturated rings. The molecule has 0 aliphatic heterocycles. The Labute approximate surface area is 163 Å². The summed E-state index contributed by atoms with van der Waals surface area (Å²) in [5.74, 6) is 0.0336. The zero-order valence-electron chi connectivity index (χ0n) is 15.2. The molecule has 27 heavy (non-hydrogen) atoms. The zero-order chi connectivity index (χ0) is 19.4. The normalized spacial score (nSPS) is 11.2. The smallest absolute Gasteiger partial charge is 0.149 e. The van der Waals surface area contributed by atoms with Crippen LogP contribution in [0, 0.1) is 0 Å². The van der Waals surface area contributed by atoms with Crippen LogP contribution in [-0.4, -0.2) is 12.2 Å². The number of phenolic OH excluding ortho intramolecular Hbond substituents is 1. The Morgan fingerprint density at radius 1 is 1.19 bits per heavy atom. The molecule has 0 amide bonds. The third-order valence-corrected chi connectivity index (χ3v) is 4.32. The van der Waals surface area contributed by atoms with Crippen molar-refractivity contribution in [2.24, 2.45) is 10.2 Å². The molecule has 0 atom stereocenters. The Morgan fingerprint density at radius 2 is 1.89 bits per heavy atom. The molecule has 0 saturated carbocycles. The topological polar surface area (TPSA) is 57.4 Å². The largest absolute Gasteiger partial charge is 0.505 e. The number of hydrogen-bond acceptors (Lipinski definition) is 5. The van der Waals surface area contributed by atoms with Crippen LogP contribution in [0.1, 0.15) is 12.5 Å². The van der Waals surface area contributed by atoms with Crippen molar-refractivity contribution in [2.45, 2.75) is 13.5 Å². The summed E-state index contributed by atoms with van der Waals surface area (Å²) in [6.45, 7) is 5.61. The molecule has 0 heterocycles. The number of rotatable bonds is 6. The number of allylic oxidation sites excluding steroid dienone is 1. The monoisotopic (exact) mass is 381 g/mol. The van der Waals surface area contributed by atoms with E-state index in [-0.39, 0.29) is 12.4 Å². The summed E-state index contributed by atoms with van der Waals surface area (Å²) in [6.07, 6.45) is 0. The minimum atomic E-state index is 0.0336. The molecule has 5 nitrogen and oxygen atoms in total. The van der Waals surface area contributed by atoms with E-state index >= 15 is 0 Å². The summed E-state index contributed by atoms with van der Waals surface area (Å²) in [5, 5.41) is 22.8. The van der Waals surface area contributed by atoms with Crippen molar-refractivity contribution in [1.82, 2.24) is 0 Å². The van der Waals surface area contributed by atoms with Gasteiger partial charge in [0.1, 0.15) is 18.0 Å². The maximum Gasteiger partial charge on any atom is 0.149 e. The lowest BCUT2D eigenvalue weighted by Gasteiger charge is -2.20. The van der Waals surface area contributed by atoms with Gasteiger partial charge in [0.2, 0.25) is 0 Å². The molecular formula is C21H20ClN3O2. The second kappa shape index (κ2) is 8.20. The van der Waals surface area contributed by atoms with Gasteiger partial charge < -0.3 is 5.11 Å². The van der Waals surface area contributed by atoms with E-state index in [2.05, 4.69) is 16.8 Å². The highest BCUT2D eigenvalue weighted by molar-refractivity contribution is 6.33. The number of halogens is 1. The van der Waals surface area contributed by atoms with Crippen molar-refractivity contribution < 1.29 is 9.94 Å². The number of phenols is 1. The molecule has 0 saturated heterocycles. The molecule has 0 spiro atoms. The van der Waals surface area contributed by atoms with Crippen molar-refractivity contribution in [3.8, 4) is 5.75 Å². The average molecular weight is 382 g/mol. The summed E-state index contributed by atoms with van der Waals surface area (Å²) in [6, 6.07) is 16.9. The molecule has 3 rings (SSSR count). The highest BCUT2D eigenvalue weighted by Crippen LogP contribution is 2.39. The molecule has 1 N–H and O–H groups in total. The number of nitrogens with zero attached hydrogens (tertiary/aromatic N) is 3. The molecule has 0 radical (unpaired) electrons. The molecule has 6 heteroatoms. The lowest BCUT2D eigenvalue weighted by molar-refractivity contribution is 0.107. The van der Waals surface area contributed by atoms with Gasteiger partial charge in [-0.3, -0.25) is 9.90 Å². The second-order valence-electron chi connectivity index (χ2n) is 6.11. The fraction of sp³-hybridized carbons (Fsp3) is 0.143. The van der Waals surface area contributed by atoms with Crippen molar-refractivity contribution >= 4 is 33.7 Å². The summed E-state index contributed by atoms with van der Waals surface area (Å²) in [5.41, 5.74) is 2.29. The Balaban J connectivity index is 1.93. The summed E-state index contributed by atoms with van der Waals surface area (Å²) >= 11 is 6.20. The van der Waals surface area contributed by atoms with Gasteiger partial charge in [-0.2, -0.15) is 5.11 Å². The van der Waals surface area contributed by atoms with Gasteiger partial charge in [-0.25, -0.2) is 0 Å². The summed E-state index contributed by atoms with van der Waals surface area (Å²) in [7, 11) is 1.76. The van der Waals surface area contributed by atoms with Crippen LogP contribution in [0.5, 0.6) is 5.75 Å². The third kappa shape index (κ3) is 4.27. The molecule has 0 aliphatic rings. The van der Waals surface area contributed by atoms with Gasteiger partial charge in [-0.1, -0.05) is 54.6 Å². The number of benzene rings is 3. The zero-order valence-corrected chi connectivity index (χ0v) is 15.9. The number of fused-ring (bicyclic) bond motifs is 1. The second-order valence-corrected chi connectivity index (χ2v) is 6.52. The number of anilines is 1. The van der Waals surface area contributed by atoms with E-state index in [1.165, 1.54) is 0 Å². The van der Waals surface area contributed by atoms with Crippen LogP contribution in [0.4, 0.5) is 11.4 Å². The molecule has 3 aromatic carbocycles. The minimum absolute atomic E-state index is 0.0336. The fourth-order valence-corrected chi connectivity index (χ4v) is 2.92. The predicted molar refractivity (Wildman–Crippen MR) is 110 cm³/mol. The molecule has 0 bridgehead atoms. The summed E-state index contributed by atoms with van der Waals surface area (Å²) < 4.78 is 0. The van der Waals surface area contributed by atoms with Gasteiger partial charge in [-0.05, 0) is 30.5 Å². The van der Waals surface area contributed by atoms with Crippen molar-refractivity contribution in [2.75, 3.05) is 12.1 Å². The lowest BCUT2D eigenvalue weighted by atomic mass is 10.0. The van der Waals surface area contributed by atoms with Crippen LogP contribution in [0.3, 0.4) is 0 Å². The first kappa shape index (κ1) is 18.9. The highest BCUT2D eigenvalue weighted by atomic mass is 35.5. The number of hydroxylamine groups is 1. The lowest BCUT2D eigenvalue weighted by Crippen LogP contribution is -2.17. The van der Waals surface area contributed by atoms with Crippen LogP contribution in [-0.2, 0) is 11.4 Å². The molecule has 0 aliphatic carbocycles. The van der Waals surface area contributed by atoms with Crippen molar-refractivity contribution in [1.29, 1.82) is 0 Å². The van der Waals surface area contributed by atoms with E-state index in [1.807, 2.05) is 48.5 Å². The fourth-order valence-electron chi connectivity index (χ4n) is 2.66. The highest BCUT2D eigenvalue weighted by Gasteiger charge is 2.14. The third-order valence-electron chi connectivity index (χ3n) is 4.00. The van der Waals surface area contributed by atoms with E-state index in [1.54, 1.807) is 25.1 Å². The van der Waals surface area contributed by atoms with Gasteiger partial charge in [-0.15, -0.1) is 5.11 Å². The average Bonchev–Trinajstić information content (AvgIpc) is 2.65. The maximum absolute atomic E-state index is 10.7. The molecule has 0 aromatic heterocycles. The van der Waals surface area contributed by atoms with E-state index in [0.717, 1.165) is 16.5 Å². The van der Waals surface area contributed by atoms with Crippen molar-refractivity contribution in [3.63, 3.8) is 0 Å². The Bertz CT molecular complexity index is 1020. The number of para-hydroxylation sites is 1. The van der Waals surface area contributed by atoms with Crippen LogP contribution in [0.15, 0.2) is 77.1 Å². The maximum atomic E-state index is 10.7. The van der Waals surface area contributed by atoms with Crippen LogP contribution in [0.25, 0.3) is 10.8 Å².